The van der Waals surface area contributed by atoms with E-state index in [9.17, 15) is 0 Å². The zero-order valence-electron chi connectivity index (χ0n) is 16.1. The van der Waals surface area contributed by atoms with Crippen LogP contribution in [0.4, 0.5) is 0 Å². The Labute approximate surface area is 168 Å². The molecule has 0 atom stereocenters. The molecule has 3 heterocycles. The highest BCUT2D eigenvalue weighted by atomic mass is 32.1. The van der Waals surface area contributed by atoms with Gasteiger partial charge in [-0.2, -0.15) is 0 Å². The molecule has 148 valence electrons. The number of likely N-dealkylation sites (tertiary alicyclic amines) is 1. The lowest BCUT2D eigenvalue weighted by Crippen LogP contribution is -2.35. The van der Waals surface area contributed by atoms with Gasteiger partial charge in [-0.25, -0.2) is 4.68 Å². The first-order valence-corrected chi connectivity index (χ1v) is 9.79. The van der Waals surface area contributed by atoms with Crippen LogP contribution in [0.15, 0.2) is 35.0 Å². The van der Waals surface area contributed by atoms with Crippen molar-refractivity contribution in [1.82, 2.24) is 29.4 Å². The maximum Gasteiger partial charge on any atom is 0.288 e. The Morgan fingerprint density at radius 3 is 2.61 bits per heavy atom. The molecule has 0 amide bonds. The number of rotatable bonds is 6. The molecule has 0 aliphatic carbocycles. The minimum absolute atomic E-state index is 0.416. The zero-order valence-corrected chi connectivity index (χ0v) is 16.9. The SMILES string of the molecule is COc1ccc(Cc2nn(CN3CCC(c4nncn4C)CC3)c(=S)o2)cc1. The average molecular weight is 401 g/mol. The minimum Gasteiger partial charge on any atom is -0.497 e. The summed E-state index contributed by atoms with van der Waals surface area (Å²) in [7, 11) is 3.66. The number of hydrogen-bond donors (Lipinski definition) is 0. The van der Waals surface area contributed by atoms with Gasteiger partial charge in [0.1, 0.15) is 17.9 Å². The minimum atomic E-state index is 0.416. The second-order valence-electron chi connectivity index (χ2n) is 7.12. The van der Waals surface area contributed by atoms with Gasteiger partial charge in [-0.05, 0) is 42.8 Å². The molecule has 1 saturated heterocycles. The van der Waals surface area contributed by atoms with Crippen LogP contribution in [0, 0.1) is 4.84 Å². The van der Waals surface area contributed by atoms with E-state index in [0.717, 1.165) is 43.1 Å². The predicted octanol–water partition coefficient (Wildman–Crippen LogP) is 2.77. The van der Waals surface area contributed by atoms with Crippen molar-refractivity contribution in [3.05, 3.63) is 52.7 Å². The molecule has 0 saturated carbocycles. The molecule has 28 heavy (non-hydrogen) atoms. The number of hydrogen-bond acceptors (Lipinski definition) is 7. The van der Waals surface area contributed by atoms with Crippen molar-refractivity contribution in [2.75, 3.05) is 20.2 Å². The van der Waals surface area contributed by atoms with Crippen LogP contribution in [0.25, 0.3) is 0 Å². The third-order valence-corrected chi connectivity index (χ3v) is 5.49. The van der Waals surface area contributed by atoms with Crippen molar-refractivity contribution in [2.24, 2.45) is 7.05 Å². The fourth-order valence-electron chi connectivity index (χ4n) is 3.61. The van der Waals surface area contributed by atoms with Gasteiger partial charge in [0.2, 0.25) is 5.89 Å². The fraction of sp³-hybridized carbons (Fsp3) is 0.474. The van der Waals surface area contributed by atoms with E-state index in [-0.39, 0.29) is 0 Å². The summed E-state index contributed by atoms with van der Waals surface area (Å²) in [5, 5.41) is 12.8. The summed E-state index contributed by atoms with van der Waals surface area (Å²) in [6.45, 7) is 2.59. The van der Waals surface area contributed by atoms with Crippen LogP contribution in [0.2, 0.25) is 0 Å². The number of aromatic nitrogens is 5. The molecule has 1 aliphatic heterocycles. The Bertz CT molecular complexity index is 969. The van der Waals surface area contributed by atoms with Crippen LogP contribution in [0.3, 0.4) is 0 Å². The van der Waals surface area contributed by atoms with Gasteiger partial charge < -0.3 is 13.7 Å². The first kappa shape index (κ1) is 18.8. The summed E-state index contributed by atoms with van der Waals surface area (Å²) in [6, 6.07) is 7.88. The predicted molar refractivity (Wildman–Crippen MR) is 106 cm³/mol. The van der Waals surface area contributed by atoms with Gasteiger partial charge in [0.15, 0.2) is 0 Å². The highest BCUT2D eigenvalue weighted by Crippen LogP contribution is 2.26. The molecule has 1 fully saturated rings. The number of piperidine rings is 1. The van der Waals surface area contributed by atoms with Gasteiger partial charge in [0.25, 0.3) is 4.84 Å². The van der Waals surface area contributed by atoms with E-state index in [2.05, 4.69) is 20.2 Å². The molecular formula is C19H24N6O2S. The lowest BCUT2D eigenvalue weighted by Gasteiger charge is -2.30. The molecule has 4 rings (SSSR count). The van der Waals surface area contributed by atoms with Gasteiger partial charge in [0, 0.05) is 26.1 Å². The van der Waals surface area contributed by atoms with E-state index in [1.165, 1.54) is 0 Å². The smallest absolute Gasteiger partial charge is 0.288 e. The van der Waals surface area contributed by atoms with E-state index < -0.39 is 0 Å². The first-order valence-electron chi connectivity index (χ1n) is 9.38. The number of nitrogens with zero attached hydrogens (tertiary/aromatic N) is 6. The molecule has 0 unspecified atom stereocenters. The largest absolute Gasteiger partial charge is 0.497 e. The fourth-order valence-corrected chi connectivity index (χ4v) is 3.81. The molecule has 1 aromatic carbocycles. The molecule has 2 aromatic heterocycles. The van der Waals surface area contributed by atoms with Crippen LogP contribution >= 0.6 is 12.2 Å². The molecule has 0 N–H and O–H groups in total. The Morgan fingerprint density at radius 2 is 1.96 bits per heavy atom. The van der Waals surface area contributed by atoms with Gasteiger partial charge in [-0.3, -0.25) is 4.90 Å². The van der Waals surface area contributed by atoms with Crippen molar-refractivity contribution < 1.29 is 9.15 Å². The van der Waals surface area contributed by atoms with Gasteiger partial charge >= 0.3 is 0 Å². The van der Waals surface area contributed by atoms with Crippen molar-refractivity contribution in [3.63, 3.8) is 0 Å². The monoisotopic (exact) mass is 400 g/mol. The van der Waals surface area contributed by atoms with E-state index in [1.807, 2.05) is 35.9 Å². The summed E-state index contributed by atoms with van der Waals surface area (Å²) in [4.78, 5) is 2.77. The Kier molecular flexibility index (Phi) is 5.54. The molecule has 0 radical (unpaired) electrons. The summed E-state index contributed by atoms with van der Waals surface area (Å²) in [5.74, 6) is 2.99. The second kappa shape index (κ2) is 8.24. The number of ether oxygens (including phenoxy) is 1. The maximum absolute atomic E-state index is 5.70. The maximum atomic E-state index is 5.70. The van der Waals surface area contributed by atoms with Crippen LogP contribution in [-0.2, 0) is 20.1 Å². The Balaban J connectivity index is 1.35. The third kappa shape index (κ3) is 4.15. The third-order valence-electron chi connectivity index (χ3n) is 5.20. The van der Waals surface area contributed by atoms with Gasteiger partial charge in [-0.15, -0.1) is 15.3 Å². The normalized spacial score (nSPS) is 15.8. The average Bonchev–Trinajstić information content (AvgIpc) is 3.28. The van der Waals surface area contributed by atoms with Crippen molar-refractivity contribution in [3.8, 4) is 5.75 Å². The molecule has 0 spiro atoms. The number of benzene rings is 1. The molecule has 3 aromatic rings. The van der Waals surface area contributed by atoms with Crippen LogP contribution in [0.1, 0.15) is 36.0 Å². The van der Waals surface area contributed by atoms with E-state index in [4.69, 9.17) is 21.4 Å². The second-order valence-corrected chi connectivity index (χ2v) is 7.47. The van der Waals surface area contributed by atoms with E-state index in [0.29, 0.717) is 29.7 Å². The standard InChI is InChI=1S/C19H24N6O2S/c1-23-12-20-21-18(23)15-7-9-24(10-8-15)13-25-19(28)27-17(22-25)11-14-3-5-16(26-2)6-4-14/h3-6,12,15H,7-11,13H2,1-2H3. The molecule has 8 nitrogen and oxygen atoms in total. The topological polar surface area (TPSA) is 74.1 Å². The van der Waals surface area contributed by atoms with Crippen LogP contribution in [-0.4, -0.2) is 49.6 Å². The molecular weight excluding hydrogens is 376 g/mol. The first-order chi connectivity index (χ1) is 13.6. The zero-order chi connectivity index (χ0) is 19.5. The lowest BCUT2D eigenvalue weighted by molar-refractivity contribution is 0.156. The molecule has 1 aliphatic rings. The molecule has 0 bridgehead atoms. The van der Waals surface area contributed by atoms with Crippen molar-refractivity contribution >= 4 is 12.2 Å². The van der Waals surface area contributed by atoms with Crippen molar-refractivity contribution in [2.45, 2.75) is 31.8 Å². The van der Waals surface area contributed by atoms with Gasteiger partial charge in [0.05, 0.1) is 20.2 Å². The van der Waals surface area contributed by atoms with E-state index >= 15 is 0 Å². The lowest BCUT2D eigenvalue weighted by atomic mass is 9.96. The summed E-state index contributed by atoms with van der Waals surface area (Å²) < 4.78 is 14.7. The number of methoxy groups -OCH3 is 1. The number of aryl methyl sites for hydroxylation is 1. The van der Waals surface area contributed by atoms with E-state index in [1.54, 1.807) is 18.1 Å². The van der Waals surface area contributed by atoms with Crippen molar-refractivity contribution in [1.29, 1.82) is 0 Å². The highest BCUT2D eigenvalue weighted by Gasteiger charge is 2.24. The summed E-state index contributed by atoms with van der Waals surface area (Å²) >= 11 is 5.37. The summed E-state index contributed by atoms with van der Waals surface area (Å²) in [5.41, 5.74) is 1.11. The summed E-state index contributed by atoms with van der Waals surface area (Å²) in [6.07, 6.45) is 4.47. The Morgan fingerprint density at radius 1 is 1.21 bits per heavy atom. The van der Waals surface area contributed by atoms with Gasteiger partial charge in [-0.1, -0.05) is 12.1 Å². The quantitative estimate of drug-likeness (QED) is 0.589. The Hall–Kier alpha value is -2.52. The highest BCUT2D eigenvalue weighted by molar-refractivity contribution is 7.71. The van der Waals surface area contributed by atoms with Crippen LogP contribution < -0.4 is 4.74 Å². The molecule has 9 heteroatoms. The van der Waals surface area contributed by atoms with Crippen LogP contribution in [0.5, 0.6) is 5.75 Å².